The Labute approximate surface area is 116 Å². The first-order chi connectivity index (χ1) is 9.33. The number of rotatable bonds is 2. The minimum Gasteiger partial charge on any atom is -0.465 e. The van der Waals surface area contributed by atoms with E-state index >= 15 is 0 Å². The van der Waals surface area contributed by atoms with Crippen LogP contribution in [0.25, 0.3) is 0 Å². The number of hydrogen-bond donors (Lipinski definition) is 0. The third-order valence-electron chi connectivity index (χ3n) is 4.02. The molecule has 0 unspecified atom stereocenters. The van der Waals surface area contributed by atoms with Gasteiger partial charge in [-0.05, 0) is 44.6 Å². The van der Waals surface area contributed by atoms with E-state index in [0.717, 1.165) is 31.5 Å². The summed E-state index contributed by atoms with van der Waals surface area (Å²) >= 11 is 0. The van der Waals surface area contributed by atoms with E-state index in [1.54, 1.807) is 0 Å². The van der Waals surface area contributed by atoms with Gasteiger partial charge in [-0.25, -0.2) is 4.79 Å². The van der Waals surface area contributed by atoms with Crippen LogP contribution >= 0.6 is 0 Å². The van der Waals surface area contributed by atoms with Crippen molar-refractivity contribution in [3.8, 4) is 0 Å². The van der Waals surface area contributed by atoms with E-state index in [1.807, 2.05) is 6.08 Å². The van der Waals surface area contributed by atoms with E-state index in [2.05, 4.69) is 11.0 Å². The molecule has 2 rings (SSSR count). The highest BCUT2D eigenvalue weighted by molar-refractivity contribution is 5.92. The second-order valence-corrected chi connectivity index (χ2v) is 5.40. The highest BCUT2D eigenvalue weighted by atomic mass is 16.5. The number of hydrogen-bond acceptors (Lipinski definition) is 3. The number of likely N-dealkylation sites (tertiary alicyclic amines) is 1. The zero-order chi connectivity index (χ0) is 13.5. The summed E-state index contributed by atoms with van der Waals surface area (Å²) in [7, 11) is 1.48. The molecule has 1 aliphatic heterocycles. The van der Waals surface area contributed by atoms with Crippen LogP contribution in [0.2, 0.25) is 0 Å². The van der Waals surface area contributed by atoms with E-state index in [1.165, 1.54) is 51.3 Å². The molecule has 0 spiro atoms. The van der Waals surface area contributed by atoms with Crippen molar-refractivity contribution < 1.29 is 9.53 Å². The first kappa shape index (κ1) is 14.2. The summed E-state index contributed by atoms with van der Waals surface area (Å²) in [6.45, 7) is 2.17. The Bertz CT molecular complexity index is 365. The molecule has 106 valence electrons. The zero-order valence-corrected chi connectivity index (χ0v) is 12.0. The predicted octanol–water partition coefficient (Wildman–Crippen LogP) is 3.42. The standard InChI is InChI=1S/C16H25NO2/c1-19-16(18)14-10-6-4-2-3-5-7-11-15(14)17-12-8-9-13-17/h6,10H,2-5,7-9,11-13H2,1H3/b10-6+,15-14-. The number of nitrogens with zero attached hydrogens (tertiary/aromatic N) is 1. The minimum atomic E-state index is -0.182. The summed E-state index contributed by atoms with van der Waals surface area (Å²) in [5, 5.41) is 0. The van der Waals surface area contributed by atoms with Crippen LogP contribution in [0.1, 0.15) is 51.4 Å². The topological polar surface area (TPSA) is 29.5 Å². The fourth-order valence-corrected chi connectivity index (χ4v) is 2.95. The van der Waals surface area contributed by atoms with Crippen molar-refractivity contribution >= 4 is 5.97 Å². The van der Waals surface area contributed by atoms with Crippen LogP contribution in [-0.4, -0.2) is 31.1 Å². The molecule has 0 saturated carbocycles. The molecule has 0 atom stereocenters. The molecular formula is C16H25NO2. The van der Waals surface area contributed by atoms with Crippen LogP contribution in [0, 0.1) is 0 Å². The number of methoxy groups -OCH3 is 1. The van der Waals surface area contributed by atoms with Gasteiger partial charge in [0, 0.05) is 18.8 Å². The molecule has 3 nitrogen and oxygen atoms in total. The van der Waals surface area contributed by atoms with Gasteiger partial charge in [0.2, 0.25) is 0 Å². The van der Waals surface area contributed by atoms with Crippen molar-refractivity contribution in [1.82, 2.24) is 4.90 Å². The van der Waals surface area contributed by atoms with Gasteiger partial charge in [0.1, 0.15) is 0 Å². The first-order valence-electron chi connectivity index (χ1n) is 7.56. The molecule has 1 saturated heterocycles. The largest absolute Gasteiger partial charge is 0.465 e. The van der Waals surface area contributed by atoms with Gasteiger partial charge in [-0.15, -0.1) is 0 Å². The van der Waals surface area contributed by atoms with Gasteiger partial charge in [0.25, 0.3) is 0 Å². The Morgan fingerprint density at radius 2 is 1.84 bits per heavy atom. The maximum absolute atomic E-state index is 12.0. The van der Waals surface area contributed by atoms with Gasteiger partial charge in [0.05, 0.1) is 12.7 Å². The summed E-state index contributed by atoms with van der Waals surface area (Å²) in [6, 6.07) is 0. The molecule has 0 N–H and O–H groups in total. The monoisotopic (exact) mass is 263 g/mol. The van der Waals surface area contributed by atoms with Crippen molar-refractivity contribution in [3.05, 3.63) is 23.4 Å². The van der Waals surface area contributed by atoms with Crippen molar-refractivity contribution in [2.24, 2.45) is 0 Å². The lowest BCUT2D eigenvalue weighted by atomic mass is 10.0. The van der Waals surface area contributed by atoms with E-state index in [4.69, 9.17) is 4.74 Å². The Hall–Kier alpha value is -1.25. The van der Waals surface area contributed by atoms with Crippen LogP contribution in [0.3, 0.4) is 0 Å². The van der Waals surface area contributed by atoms with Gasteiger partial charge in [-0.3, -0.25) is 0 Å². The van der Waals surface area contributed by atoms with Crippen molar-refractivity contribution in [1.29, 1.82) is 0 Å². The molecule has 0 amide bonds. The first-order valence-corrected chi connectivity index (χ1v) is 7.56. The van der Waals surface area contributed by atoms with Crippen LogP contribution in [0.5, 0.6) is 0 Å². The molecule has 1 heterocycles. The predicted molar refractivity (Wildman–Crippen MR) is 76.7 cm³/mol. The number of ether oxygens (including phenoxy) is 1. The second-order valence-electron chi connectivity index (χ2n) is 5.40. The smallest absolute Gasteiger partial charge is 0.339 e. The molecular weight excluding hydrogens is 238 g/mol. The Morgan fingerprint density at radius 1 is 1.11 bits per heavy atom. The molecule has 0 aromatic heterocycles. The summed E-state index contributed by atoms with van der Waals surface area (Å²) < 4.78 is 4.97. The van der Waals surface area contributed by atoms with E-state index in [9.17, 15) is 4.79 Å². The van der Waals surface area contributed by atoms with Gasteiger partial charge in [-0.1, -0.05) is 18.9 Å². The van der Waals surface area contributed by atoms with E-state index in [-0.39, 0.29) is 5.97 Å². The molecule has 0 aromatic carbocycles. The summed E-state index contributed by atoms with van der Waals surface area (Å²) in [5.41, 5.74) is 1.99. The van der Waals surface area contributed by atoms with Gasteiger partial charge >= 0.3 is 5.97 Å². The zero-order valence-electron chi connectivity index (χ0n) is 12.0. The van der Waals surface area contributed by atoms with Crippen molar-refractivity contribution in [2.75, 3.05) is 20.2 Å². The maximum Gasteiger partial charge on any atom is 0.339 e. The lowest BCUT2D eigenvalue weighted by molar-refractivity contribution is -0.135. The average molecular weight is 263 g/mol. The number of carbonyl (C=O) groups excluding carboxylic acids is 1. The van der Waals surface area contributed by atoms with E-state index in [0.29, 0.717) is 0 Å². The summed E-state index contributed by atoms with van der Waals surface area (Å²) in [5.74, 6) is -0.182. The molecule has 0 radical (unpaired) electrons. The highest BCUT2D eigenvalue weighted by Gasteiger charge is 2.21. The molecule has 1 fully saturated rings. The van der Waals surface area contributed by atoms with Gasteiger partial charge in [-0.2, -0.15) is 0 Å². The SMILES string of the molecule is COC(=O)C1=C(\N2CCCC2)CCCCCC\C=C\1. The Balaban J connectivity index is 2.28. The lowest BCUT2D eigenvalue weighted by Gasteiger charge is -2.24. The molecule has 1 aliphatic carbocycles. The fraction of sp³-hybridized carbons (Fsp3) is 0.688. The van der Waals surface area contributed by atoms with Crippen molar-refractivity contribution in [3.63, 3.8) is 0 Å². The molecule has 3 heteroatoms. The third-order valence-corrected chi connectivity index (χ3v) is 4.02. The molecule has 19 heavy (non-hydrogen) atoms. The molecule has 2 aliphatic rings. The molecule has 0 bridgehead atoms. The summed E-state index contributed by atoms with van der Waals surface area (Å²) in [4.78, 5) is 14.4. The number of carbonyl (C=O) groups is 1. The van der Waals surface area contributed by atoms with E-state index < -0.39 is 0 Å². The quantitative estimate of drug-likeness (QED) is 0.715. The van der Waals surface area contributed by atoms with Gasteiger partial charge < -0.3 is 9.64 Å². The van der Waals surface area contributed by atoms with Crippen LogP contribution in [-0.2, 0) is 9.53 Å². The van der Waals surface area contributed by atoms with Crippen LogP contribution in [0.15, 0.2) is 23.4 Å². The minimum absolute atomic E-state index is 0.182. The second kappa shape index (κ2) is 7.37. The number of allylic oxidation sites excluding steroid dienone is 2. The Kier molecular flexibility index (Phi) is 5.49. The van der Waals surface area contributed by atoms with Crippen LogP contribution in [0.4, 0.5) is 0 Å². The number of esters is 1. The maximum atomic E-state index is 12.0. The summed E-state index contributed by atoms with van der Waals surface area (Å²) in [6.07, 6.45) is 13.6. The van der Waals surface area contributed by atoms with Crippen molar-refractivity contribution in [2.45, 2.75) is 51.4 Å². The van der Waals surface area contributed by atoms with Gasteiger partial charge in [0.15, 0.2) is 0 Å². The van der Waals surface area contributed by atoms with Crippen LogP contribution < -0.4 is 0 Å². The normalized spacial score (nSPS) is 27.1. The third kappa shape index (κ3) is 3.85. The fourth-order valence-electron chi connectivity index (χ4n) is 2.95. The molecule has 0 aromatic rings. The average Bonchev–Trinajstić information content (AvgIpc) is 2.97. The highest BCUT2D eigenvalue weighted by Crippen LogP contribution is 2.25. The Morgan fingerprint density at radius 3 is 2.58 bits per heavy atom. The lowest BCUT2D eigenvalue weighted by Crippen LogP contribution is -2.23.